The van der Waals surface area contributed by atoms with Crippen molar-refractivity contribution in [2.24, 2.45) is 11.3 Å². The maximum atomic E-state index is 10.3. The van der Waals surface area contributed by atoms with E-state index in [1.807, 2.05) is 0 Å². The summed E-state index contributed by atoms with van der Waals surface area (Å²) in [7, 11) is 0. The molecule has 0 aliphatic heterocycles. The van der Waals surface area contributed by atoms with Gasteiger partial charge in [0.2, 0.25) is 0 Å². The Hall–Kier alpha value is -1.55. The number of para-hydroxylation sites is 1. The standard InChI is InChI=1S/C9H18O.C7H6O3/c1-7-4-8(10)6-9(2,3)5-7;8-6-4-2-1-3-5(6)7(9)10/h7-8,10H,4-6H2,1-3H3;1-4,8H,(H,9,10). The van der Waals surface area contributed by atoms with E-state index in [2.05, 4.69) is 20.8 Å². The first kappa shape index (κ1) is 16.5. The highest BCUT2D eigenvalue weighted by molar-refractivity contribution is 5.90. The third kappa shape index (κ3) is 5.21. The summed E-state index contributed by atoms with van der Waals surface area (Å²) in [5.74, 6) is -0.605. The van der Waals surface area contributed by atoms with E-state index in [1.54, 1.807) is 12.1 Å². The molecule has 1 aliphatic carbocycles. The van der Waals surface area contributed by atoms with E-state index in [0.717, 1.165) is 12.8 Å². The van der Waals surface area contributed by atoms with Crippen molar-refractivity contribution in [3.05, 3.63) is 29.8 Å². The van der Waals surface area contributed by atoms with Crippen molar-refractivity contribution in [2.45, 2.75) is 46.1 Å². The van der Waals surface area contributed by atoms with E-state index in [0.29, 0.717) is 11.3 Å². The van der Waals surface area contributed by atoms with Crippen LogP contribution in [0.4, 0.5) is 0 Å². The van der Waals surface area contributed by atoms with Gasteiger partial charge in [-0.3, -0.25) is 0 Å². The average molecular weight is 280 g/mol. The molecule has 0 saturated heterocycles. The van der Waals surface area contributed by atoms with Crippen LogP contribution in [-0.2, 0) is 0 Å². The Kier molecular flexibility index (Phi) is 5.57. The van der Waals surface area contributed by atoms with Gasteiger partial charge in [0.15, 0.2) is 0 Å². The summed E-state index contributed by atoms with van der Waals surface area (Å²) in [5.41, 5.74) is 0.305. The molecule has 1 aromatic carbocycles. The van der Waals surface area contributed by atoms with Crippen LogP contribution >= 0.6 is 0 Å². The van der Waals surface area contributed by atoms with Gasteiger partial charge in [-0.05, 0) is 42.7 Å². The molecule has 2 atom stereocenters. The number of phenols is 1. The largest absolute Gasteiger partial charge is 0.507 e. The van der Waals surface area contributed by atoms with Crippen LogP contribution in [0.2, 0.25) is 0 Å². The van der Waals surface area contributed by atoms with E-state index >= 15 is 0 Å². The van der Waals surface area contributed by atoms with Crippen molar-refractivity contribution < 1.29 is 20.1 Å². The van der Waals surface area contributed by atoms with Gasteiger partial charge in [0, 0.05) is 0 Å². The van der Waals surface area contributed by atoms with E-state index < -0.39 is 5.97 Å². The maximum Gasteiger partial charge on any atom is 0.339 e. The number of hydrogen-bond acceptors (Lipinski definition) is 3. The summed E-state index contributed by atoms with van der Waals surface area (Å²) in [6.07, 6.45) is 3.21. The number of aromatic hydroxyl groups is 1. The first-order chi connectivity index (χ1) is 9.21. The highest BCUT2D eigenvalue weighted by Gasteiger charge is 2.30. The van der Waals surface area contributed by atoms with Crippen molar-refractivity contribution in [1.29, 1.82) is 0 Å². The number of rotatable bonds is 1. The van der Waals surface area contributed by atoms with Gasteiger partial charge in [-0.2, -0.15) is 0 Å². The molecule has 20 heavy (non-hydrogen) atoms. The van der Waals surface area contributed by atoms with E-state index in [-0.39, 0.29) is 17.4 Å². The zero-order valence-corrected chi connectivity index (χ0v) is 12.3. The minimum absolute atomic E-state index is 0.0428. The van der Waals surface area contributed by atoms with Crippen LogP contribution in [0.1, 0.15) is 50.4 Å². The summed E-state index contributed by atoms with van der Waals surface area (Å²) < 4.78 is 0. The van der Waals surface area contributed by atoms with Gasteiger partial charge in [0.1, 0.15) is 11.3 Å². The van der Waals surface area contributed by atoms with Crippen LogP contribution in [0.15, 0.2) is 24.3 Å². The summed E-state index contributed by atoms with van der Waals surface area (Å²) in [5, 5.41) is 26.7. The summed E-state index contributed by atoms with van der Waals surface area (Å²) in [4.78, 5) is 10.3. The minimum atomic E-state index is -1.11. The summed E-state index contributed by atoms with van der Waals surface area (Å²) >= 11 is 0. The van der Waals surface area contributed by atoms with Crippen molar-refractivity contribution in [3.8, 4) is 5.75 Å². The number of carbonyl (C=O) groups is 1. The predicted molar refractivity (Wildman–Crippen MR) is 77.9 cm³/mol. The monoisotopic (exact) mass is 280 g/mol. The Morgan fingerprint density at radius 2 is 1.85 bits per heavy atom. The zero-order valence-electron chi connectivity index (χ0n) is 12.3. The number of aliphatic hydroxyl groups excluding tert-OH is 1. The number of aliphatic hydroxyl groups is 1. The Morgan fingerprint density at radius 1 is 1.25 bits per heavy atom. The van der Waals surface area contributed by atoms with E-state index in [4.69, 9.17) is 10.2 Å². The molecule has 1 fully saturated rings. The lowest BCUT2D eigenvalue weighted by molar-refractivity contribution is 0.0394. The Morgan fingerprint density at radius 3 is 2.25 bits per heavy atom. The molecule has 0 bridgehead atoms. The maximum absolute atomic E-state index is 10.3. The molecule has 2 unspecified atom stereocenters. The Labute approximate surface area is 120 Å². The lowest BCUT2D eigenvalue weighted by Gasteiger charge is -2.36. The third-order valence-electron chi connectivity index (χ3n) is 3.50. The number of carboxylic acids is 1. The fourth-order valence-corrected chi connectivity index (χ4v) is 2.95. The normalized spacial score (nSPS) is 24.4. The molecule has 3 N–H and O–H groups in total. The molecule has 1 aliphatic rings. The van der Waals surface area contributed by atoms with Gasteiger partial charge in [0.05, 0.1) is 6.10 Å². The van der Waals surface area contributed by atoms with E-state index in [1.165, 1.54) is 18.6 Å². The quantitative estimate of drug-likeness (QED) is 0.737. The van der Waals surface area contributed by atoms with Crippen molar-refractivity contribution in [2.75, 3.05) is 0 Å². The second kappa shape index (κ2) is 6.75. The molecule has 0 heterocycles. The SMILES string of the molecule is CC1CC(O)CC(C)(C)C1.O=C(O)c1ccccc1O. The molecule has 0 amide bonds. The first-order valence-corrected chi connectivity index (χ1v) is 6.90. The van der Waals surface area contributed by atoms with Gasteiger partial charge in [-0.15, -0.1) is 0 Å². The topological polar surface area (TPSA) is 77.8 Å². The molecular weight excluding hydrogens is 256 g/mol. The molecule has 4 heteroatoms. The van der Waals surface area contributed by atoms with Crippen LogP contribution in [0, 0.1) is 11.3 Å². The molecule has 2 rings (SSSR count). The third-order valence-corrected chi connectivity index (χ3v) is 3.50. The number of carboxylic acid groups (broad SMARTS) is 1. The molecular formula is C16H24O4. The molecule has 1 aromatic rings. The van der Waals surface area contributed by atoms with Gasteiger partial charge >= 0.3 is 5.97 Å². The second-order valence-electron chi connectivity index (χ2n) is 6.39. The highest BCUT2D eigenvalue weighted by atomic mass is 16.4. The Bertz CT molecular complexity index is 442. The van der Waals surface area contributed by atoms with Crippen LogP contribution < -0.4 is 0 Å². The van der Waals surface area contributed by atoms with Gasteiger partial charge < -0.3 is 15.3 Å². The minimum Gasteiger partial charge on any atom is -0.507 e. The van der Waals surface area contributed by atoms with Crippen molar-refractivity contribution in [1.82, 2.24) is 0 Å². The van der Waals surface area contributed by atoms with Crippen molar-refractivity contribution in [3.63, 3.8) is 0 Å². The molecule has 112 valence electrons. The summed E-state index contributed by atoms with van der Waals surface area (Å²) in [6, 6.07) is 5.81. The zero-order chi connectivity index (χ0) is 15.3. The molecule has 0 spiro atoms. The lowest BCUT2D eigenvalue weighted by Crippen LogP contribution is -2.30. The number of hydrogen-bond donors (Lipinski definition) is 3. The number of aromatic carboxylic acids is 1. The van der Waals surface area contributed by atoms with Gasteiger partial charge in [-0.1, -0.05) is 32.9 Å². The van der Waals surface area contributed by atoms with Crippen LogP contribution in [0.5, 0.6) is 5.75 Å². The van der Waals surface area contributed by atoms with Crippen LogP contribution in [-0.4, -0.2) is 27.4 Å². The Balaban J connectivity index is 0.000000200. The lowest BCUT2D eigenvalue weighted by atomic mass is 9.72. The fourth-order valence-electron chi connectivity index (χ4n) is 2.95. The first-order valence-electron chi connectivity index (χ1n) is 6.90. The highest BCUT2D eigenvalue weighted by Crippen LogP contribution is 2.38. The van der Waals surface area contributed by atoms with Crippen molar-refractivity contribution >= 4 is 5.97 Å². The van der Waals surface area contributed by atoms with Crippen LogP contribution in [0.3, 0.4) is 0 Å². The molecule has 0 radical (unpaired) electrons. The van der Waals surface area contributed by atoms with Gasteiger partial charge in [0.25, 0.3) is 0 Å². The predicted octanol–water partition coefficient (Wildman–Crippen LogP) is 3.28. The molecule has 1 saturated carbocycles. The fraction of sp³-hybridized carbons (Fsp3) is 0.562. The average Bonchev–Trinajstić information content (AvgIpc) is 2.26. The molecule has 4 nitrogen and oxygen atoms in total. The smallest absolute Gasteiger partial charge is 0.339 e. The van der Waals surface area contributed by atoms with E-state index in [9.17, 15) is 9.90 Å². The second-order valence-corrected chi connectivity index (χ2v) is 6.39. The number of benzene rings is 1. The van der Waals surface area contributed by atoms with Gasteiger partial charge in [-0.25, -0.2) is 4.79 Å². The summed E-state index contributed by atoms with van der Waals surface area (Å²) in [6.45, 7) is 6.71. The van der Waals surface area contributed by atoms with Crippen LogP contribution in [0.25, 0.3) is 0 Å². The molecule has 0 aromatic heterocycles.